The molecular weight excluding hydrogens is 204 g/mol. The normalized spacial score (nSPS) is 12.6. The SMILES string of the molecule is C/C=C\C=C1c2ccccc2-c2ccccc21. The van der Waals surface area contributed by atoms with Crippen LogP contribution in [0.1, 0.15) is 18.1 Å². The first-order chi connectivity index (χ1) is 8.42. The van der Waals surface area contributed by atoms with Crippen LogP contribution >= 0.6 is 0 Å². The van der Waals surface area contributed by atoms with Gasteiger partial charge in [-0.1, -0.05) is 66.8 Å². The summed E-state index contributed by atoms with van der Waals surface area (Å²) >= 11 is 0. The van der Waals surface area contributed by atoms with Crippen LogP contribution < -0.4 is 0 Å². The average Bonchev–Trinajstić information content (AvgIpc) is 2.71. The average molecular weight is 218 g/mol. The molecule has 0 N–H and O–H groups in total. The van der Waals surface area contributed by atoms with Gasteiger partial charge in [-0.05, 0) is 34.8 Å². The molecule has 0 heterocycles. The fourth-order valence-corrected chi connectivity index (χ4v) is 2.42. The number of fused-ring (bicyclic) bond motifs is 3. The fourth-order valence-electron chi connectivity index (χ4n) is 2.42. The smallest absolute Gasteiger partial charge is 0.00990 e. The molecule has 3 rings (SSSR count). The number of rotatable bonds is 1. The molecule has 0 aromatic heterocycles. The van der Waals surface area contributed by atoms with Gasteiger partial charge in [0.1, 0.15) is 0 Å². The van der Waals surface area contributed by atoms with E-state index in [2.05, 4.69) is 66.8 Å². The summed E-state index contributed by atoms with van der Waals surface area (Å²) in [6.45, 7) is 2.05. The van der Waals surface area contributed by atoms with Crippen LogP contribution in [-0.2, 0) is 0 Å². The quantitative estimate of drug-likeness (QED) is 0.556. The van der Waals surface area contributed by atoms with Crippen LogP contribution in [0.2, 0.25) is 0 Å². The first-order valence-electron chi connectivity index (χ1n) is 5.94. The van der Waals surface area contributed by atoms with Gasteiger partial charge < -0.3 is 0 Å². The van der Waals surface area contributed by atoms with E-state index in [9.17, 15) is 0 Å². The van der Waals surface area contributed by atoms with Crippen LogP contribution in [0, 0.1) is 0 Å². The van der Waals surface area contributed by atoms with Crippen molar-refractivity contribution in [1.29, 1.82) is 0 Å². The van der Waals surface area contributed by atoms with E-state index in [4.69, 9.17) is 0 Å². The topological polar surface area (TPSA) is 0 Å². The lowest BCUT2D eigenvalue weighted by molar-refractivity contribution is 1.65. The highest BCUT2D eigenvalue weighted by molar-refractivity contribution is 6.01. The lowest BCUT2D eigenvalue weighted by Crippen LogP contribution is -1.79. The second kappa shape index (κ2) is 4.06. The van der Waals surface area contributed by atoms with Crippen LogP contribution in [-0.4, -0.2) is 0 Å². The molecule has 0 amide bonds. The Kier molecular flexibility index (Phi) is 2.41. The molecule has 0 unspecified atom stereocenters. The van der Waals surface area contributed by atoms with E-state index in [1.807, 2.05) is 6.92 Å². The Bertz CT molecular complexity index is 568. The molecule has 2 aromatic carbocycles. The van der Waals surface area contributed by atoms with E-state index in [0.717, 1.165) is 0 Å². The summed E-state index contributed by atoms with van der Waals surface area (Å²) in [5, 5.41) is 0. The molecular formula is C17H14. The molecule has 1 aliphatic rings. The Morgan fingerprint density at radius 3 is 1.65 bits per heavy atom. The standard InChI is InChI=1S/C17H14/c1-2-3-8-13-14-9-4-6-11-16(14)17-12-7-5-10-15(13)17/h2-12H,1H3/b3-2-. The highest BCUT2D eigenvalue weighted by Crippen LogP contribution is 2.43. The van der Waals surface area contributed by atoms with Gasteiger partial charge in [0.25, 0.3) is 0 Å². The van der Waals surface area contributed by atoms with Gasteiger partial charge in [-0.15, -0.1) is 0 Å². The van der Waals surface area contributed by atoms with Crippen molar-refractivity contribution < 1.29 is 0 Å². The van der Waals surface area contributed by atoms with E-state index in [0.29, 0.717) is 0 Å². The summed E-state index contributed by atoms with van der Waals surface area (Å²) in [7, 11) is 0. The van der Waals surface area contributed by atoms with Gasteiger partial charge in [0.05, 0.1) is 0 Å². The zero-order valence-corrected chi connectivity index (χ0v) is 9.85. The number of hydrogen-bond acceptors (Lipinski definition) is 0. The summed E-state index contributed by atoms with van der Waals surface area (Å²) in [5.74, 6) is 0. The molecule has 2 aromatic rings. The molecule has 0 radical (unpaired) electrons. The Labute approximate surface area is 102 Å². The maximum Gasteiger partial charge on any atom is -0.00990 e. The van der Waals surface area contributed by atoms with Crippen molar-refractivity contribution in [3.05, 3.63) is 77.9 Å². The van der Waals surface area contributed by atoms with Gasteiger partial charge in [0.2, 0.25) is 0 Å². The van der Waals surface area contributed by atoms with E-state index < -0.39 is 0 Å². The van der Waals surface area contributed by atoms with Crippen molar-refractivity contribution in [2.75, 3.05) is 0 Å². The maximum absolute atomic E-state index is 2.20. The molecule has 82 valence electrons. The summed E-state index contributed by atoms with van der Waals surface area (Å²) in [4.78, 5) is 0. The van der Waals surface area contributed by atoms with Gasteiger partial charge in [-0.25, -0.2) is 0 Å². The van der Waals surface area contributed by atoms with Crippen LogP contribution in [0.25, 0.3) is 16.7 Å². The van der Waals surface area contributed by atoms with Crippen LogP contribution in [0.5, 0.6) is 0 Å². The number of benzene rings is 2. The monoisotopic (exact) mass is 218 g/mol. The van der Waals surface area contributed by atoms with Crippen molar-refractivity contribution in [2.45, 2.75) is 6.92 Å². The van der Waals surface area contributed by atoms with Gasteiger partial charge in [0, 0.05) is 0 Å². The van der Waals surface area contributed by atoms with Gasteiger partial charge in [0.15, 0.2) is 0 Å². The second-order valence-electron chi connectivity index (χ2n) is 4.20. The third kappa shape index (κ3) is 1.53. The Balaban J connectivity index is 2.31. The van der Waals surface area contributed by atoms with Gasteiger partial charge in [-0.2, -0.15) is 0 Å². The van der Waals surface area contributed by atoms with Crippen molar-refractivity contribution in [2.24, 2.45) is 0 Å². The van der Waals surface area contributed by atoms with Crippen LogP contribution in [0.3, 0.4) is 0 Å². The molecule has 0 aliphatic heterocycles. The largest absolute Gasteiger partial charge is 0.0876 e. The summed E-state index contributed by atoms with van der Waals surface area (Å²) in [6, 6.07) is 17.2. The zero-order valence-electron chi connectivity index (χ0n) is 9.85. The van der Waals surface area contributed by atoms with E-state index in [1.165, 1.54) is 27.8 Å². The molecule has 1 aliphatic carbocycles. The molecule has 0 saturated carbocycles. The molecule has 0 saturated heterocycles. The van der Waals surface area contributed by atoms with Crippen LogP contribution in [0.4, 0.5) is 0 Å². The van der Waals surface area contributed by atoms with Crippen molar-refractivity contribution in [3.8, 4) is 11.1 Å². The maximum atomic E-state index is 2.20. The van der Waals surface area contributed by atoms with E-state index in [-0.39, 0.29) is 0 Å². The molecule has 0 atom stereocenters. The minimum Gasteiger partial charge on any atom is -0.0876 e. The van der Waals surface area contributed by atoms with Crippen molar-refractivity contribution in [3.63, 3.8) is 0 Å². The van der Waals surface area contributed by atoms with E-state index >= 15 is 0 Å². The summed E-state index contributed by atoms with van der Waals surface area (Å²) in [6.07, 6.45) is 6.37. The predicted molar refractivity (Wildman–Crippen MR) is 73.8 cm³/mol. The third-order valence-electron chi connectivity index (χ3n) is 3.18. The zero-order chi connectivity index (χ0) is 11.7. The second-order valence-corrected chi connectivity index (χ2v) is 4.20. The Hall–Kier alpha value is -2.08. The predicted octanol–water partition coefficient (Wildman–Crippen LogP) is 4.67. The van der Waals surface area contributed by atoms with Gasteiger partial charge >= 0.3 is 0 Å². The van der Waals surface area contributed by atoms with E-state index in [1.54, 1.807) is 0 Å². The molecule has 0 nitrogen and oxygen atoms in total. The number of hydrogen-bond donors (Lipinski definition) is 0. The molecule has 0 spiro atoms. The fraction of sp³-hybridized carbons (Fsp3) is 0.0588. The minimum atomic E-state index is 1.33. The first kappa shape index (κ1) is 10.1. The van der Waals surface area contributed by atoms with Crippen LogP contribution in [0.15, 0.2) is 66.8 Å². The highest BCUT2D eigenvalue weighted by Gasteiger charge is 2.21. The lowest BCUT2D eigenvalue weighted by Gasteiger charge is -2.00. The van der Waals surface area contributed by atoms with Crippen molar-refractivity contribution in [1.82, 2.24) is 0 Å². The Morgan fingerprint density at radius 1 is 0.706 bits per heavy atom. The number of allylic oxidation sites excluding steroid dienone is 3. The molecule has 0 heteroatoms. The first-order valence-corrected chi connectivity index (χ1v) is 5.94. The minimum absolute atomic E-state index is 1.33. The molecule has 0 fully saturated rings. The Morgan fingerprint density at radius 2 is 1.18 bits per heavy atom. The van der Waals surface area contributed by atoms with Gasteiger partial charge in [-0.3, -0.25) is 0 Å². The highest BCUT2D eigenvalue weighted by atomic mass is 14.2. The van der Waals surface area contributed by atoms with Crippen molar-refractivity contribution >= 4 is 5.57 Å². The summed E-state index contributed by atoms with van der Waals surface area (Å²) in [5.41, 5.74) is 6.70. The molecule has 17 heavy (non-hydrogen) atoms. The third-order valence-corrected chi connectivity index (χ3v) is 3.18. The lowest BCUT2D eigenvalue weighted by atomic mass is 10.0. The molecule has 0 bridgehead atoms. The summed E-state index contributed by atoms with van der Waals surface area (Å²) < 4.78 is 0.